The molecule has 0 aliphatic rings. The van der Waals surface area contributed by atoms with Crippen LogP contribution in [0.4, 0.5) is 5.69 Å². The van der Waals surface area contributed by atoms with Crippen molar-refractivity contribution in [1.82, 2.24) is 0 Å². The molecular formula is C7H9ClNNaO3S. The molecule has 0 heterocycles. The van der Waals surface area contributed by atoms with Gasteiger partial charge < -0.3 is 1.43 Å². The molecule has 14 heavy (non-hydrogen) atoms. The van der Waals surface area contributed by atoms with Crippen LogP contribution in [0.2, 0.25) is 0 Å². The molecule has 0 saturated carbocycles. The van der Waals surface area contributed by atoms with Crippen LogP contribution in [0.5, 0.6) is 0 Å². The summed E-state index contributed by atoms with van der Waals surface area (Å²) in [6, 6.07) is 6.37. The molecule has 0 amide bonds. The average molecular weight is 246 g/mol. The minimum absolute atomic E-state index is 0. The fraction of sp³-hybridized carbons (Fsp3) is 0.143. The maximum atomic E-state index is 10.6. The molecule has 0 aliphatic heterocycles. The molecular weight excluding hydrogens is 237 g/mol. The van der Waals surface area contributed by atoms with Gasteiger partial charge in [-0.3, -0.25) is 4.55 Å². The molecule has 1 aromatic carbocycles. The van der Waals surface area contributed by atoms with Gasteiger partial charge in [-0.05, 0) is 19.1 Å². The second kappa shape index (κ2) is 5.34. The molecule has 0 aliphatic carbocycles. The van der Waals surface area contributed by atoms with E-state index in [2.05, 4.69) is 0 Å². The van der Waals surface area contributed by atoms with E-state index in [4.69, 9.17) is 16.3 Å². The Morgan fingerprint density at radius 2 is 1.79 bits per heavy atom. The van der Waals surface area contributed by atoms with Gasteiger partial charge in [-0.15, -0.1) is 0 Å². The number of nitrogens with zero attached hydrogens (tertiary/aromatic N) is 1. The van der Waals surface area contributed by atoms with E-state index in [0.29, 0.717) is 0 Å². The van der Waals surface area contributed by atoms with Crippen LogP contribution < -0.4 is 33.4 Å². The molecule has 1 N–H and O–H groups in total. The molecule has 0 spiro atoms. The minimum atomic E-state index is -4.37. The van der Waals surface area contributed by atoms with Crippen LogP contribution in [0.1, 0.15) is 6.99 Å². The zero-order chi connectivity index (χ0) is 10.1. The predicted molar refractivity (Wildman–Crippen MR) is 52.2 cm³/mol. The predicted octanol–water partition coefficient (Wildman–Crippen LogP) is -1.13. The molecule has 0 fully saturated rings. The van der Waals surface area contributed by atoms with Crippen LogP contribution in [0.25, 0.3) is 0 Å². The minimum Gasteiger partial charge on any atom is -1.00 e. The Hall–Kier alpha value is 0.220. The van der Waals surface area contributed by atoms with Gasteiger partial charge in [0.25, 0.3) is 0 Å². The van der Waals surface area contributed by atoms with Crippen molar-refractivity contribution < 1.29 is 44.0 Å². The third kappa shape index (κ3) is 3.76. The van der Waals surface area contributed by atoms with Crippen molar-refractivity contribution in [1.29, 1.82) is 0 Å². The molecule has 0 unspecified atom stereocenters. The summed E-state index contributed by atoms with van der Waals surface area (Å²) < 4.78 is 30.0. The van der Waals surface area contributed by atoms with E-state index in [9.17, 15) is 8.42 Å². The summed E-state index contributed by atoms with van der Waals surface area (Å²) in [5.41, 5.74) is 1.18. The van der Waals surface area contributed by atoms with Crippen molar-refractivity contribution in [3.63, 3.8) is 0 Å². The first kappa shape index (κ1) is 14.2. The van der Waals surface area contributed by atoms with Gasteiger partial charge in [-0.2, -0.15) is 12.2 Å². The van der Waals surface area contributed by atoms with Crippen LogP contribution in [-0.4, -0.2) is 13.0 Å². The monoisotopic (exact) mass is 245 g/mol. The molecule has 4 nitrogen and oxygen atoms in total. The van der Waals surface area contributed by atoms with Gasteiger partial charge in [0, 0.05) is 11.8 Å². The van der Waals surface area contributed by atoms with Crippen LogP contribution in [0, 0.1) is 6.92 Å². The molecule has 0 saturated heterocycles. The van der Waals surface area contributed by atoms with E-state index >= 15 is 0 Å². The molecule has 74 valence electrons. The molecule has 1 aromatic rings. The third-order valence-electron chi connectivity index (χ3n) is 1.44. The topological polar surface area (TPSA) is 57.6 Å². The Bertz CT molecular complexity index is 397. The zero-order valence-corrected chi connectivity index (χ0v) is 11.4. The van der Waals surface area contributed by atoms with Crippen LogP contribution >= 0.6 is 11.8 Å². The van der Waals surface area contributed by atoms with E-state index < -0.39 is 10.3 Å². The molecule has 7 heteroatoms. The second-order valence-electron chi connectivity index (χ2n) is 2.53. The first-order chi connectivity index (χ1) is 5.91. The molecule has 0 aromatic heterocycles. The number of aryl methyl sites for hydroxylation is 1. The van der Waals surface area contributed by atoms with E-state index in [1.54, 1.807) is 12.1 Å². The first-order valence-corrected chi connectivity index (χ1v) is 5.15. The summed E-state index contributed by atoms with van der Waals surface area (Å²) in [5.74, 6) is 0. The normalized spacial score (nSPS) is 10.5. The maximum Gasteiger partial charge on any atom is 1.00 e. The Morgan fingerprint density at radius 3 is 2.14 bits per heavy atom. The number of hydrogen-bond acceptors (Lipinski definition) is 2. The van der Waals surface area contributed by atoms with Crippen molar-refractivity contribution in [3.8, 4) is 0 Å². The molecule has 0 bridgehead atoms. The van der Waals surface area contributed by atoms with Gasteiger partial charge in [0.05, 0.1) is 5.69 Å². The Balaban J connectivity index is 0. The molecule has 1 rings (SSSR count). The Labute approximate surface area is 112 Å². The molecule has 0 atom stereocenters. The van der Waals surface area contributed by atoms with E-state index in [-0.39, 0.29) is 40.5 Å². The van der Waals surface area contributed by atoms with Gasteiger partial charge in [-0.1, -0.05) is 17.7 Å². The third-order valence-corrected chi connectivity index (χ3v) is 2.77. The summed E-state index contributed by atoms with van der Waals surface area (Å²) in [4.78, 5) is 0. The number of hydrogen-bond donors (Lipinski definition) is 1. The van der Waals surface area contributed by atoms with Crippen LogP contribution in [0.3, 0.4) is 0 Å². The van der Waals surface area contributed by atoms with Crippen molar-refractivity contribution in [2.45, 2.75) is 6.92 Å². The quantitative estimate of drug-likeness (QED) is 0.408. The standard InChI is InChI=1S/C7H8ClNO3S.Na.H/c1-6-2-4-7(5-3-6)9(8)13(10,11)12;;/h2-5H,1H3,(H,10,11,12);;/q;+1;-1. The zero-order valence-electron chi connectivity index (χ0n) is 8.81. The number of anilines is 1. The summed E-state index contributed by atoms with van der Waals surface area (Å²) in [6.07, 6.45) is 0. The van der Waals surface area contributed by atoms with Crippen molar-refractivity contribution in [3.05, 3.63) is 29.8 Å². The van der Waals surface area contributed by atoms with Crippen LogP contribution in [-0.2, 0) is 10.3 Å². The van der Waals surface area contributed by atoms with E-state index in [1.807, 2.05) is 6.92 Å². The maximum absolute atomic E-state index is 10.6. The average Bonchev–Trinajstić information content (AvgIpc) is 2.03. The largest absolute Gasteiger partial charge is 1.00 e. The van der Waals surface area contributed by atoms with Crippen molar-refractivity contribution in [2.24, 2.45) is 0 Å². The summed E-state index contributed by atoms with van der Waals surface area (Å²) in [7, 11) is -4.37. The van der Waals surface area contributed by atoms with Crippen molar-refractivity contribution in [2.75, 3.05) is 3.82 Å². The van der Waals surface area contributed by atoms with Crippen LogP contribution in [0.15, 0.2) is 24.3 Å². The van der Waals surface area contributed by atoms with E-state index in [0.717, 1.165) is 5.56 Å². The van der Waals surface area contributed by atoms with Gasteiger partial charge in [0.15, 0.2) is 0 Å². The number of rotatable bonds is 2. The summed E-state index contributed by atoms with van der Waals surface area (Å²) in [5, 5.41) is 0. The van der Waals surface area contributed by atoms with Gasteiger partial charge in [0.1, 0.15) is 0 Å². The first-order valence-electron chi connectivity index (χ1n) is 3.41. The van der Waals surface area contributed by atoms with E-state index in [1.165, 1.54) is 12.1 Å². The number of benzene rings is 1. The molecule has 0 radical (unpaired) electrons. The fourth-order valence-electron chi connectivity index (χ4n) is 0.795. The Morgan fingerprint density at radius 1 is 1.36 bits per heavy atom. The second-order valence-corrected chi connectivity index (χ2v) is 4.33. The van der Waals surface area contributed by atoms with Gasteiger partial charge in [0.2, 0.25) is 0 Å². The smallest absolute Gasteiger partial charge is 1.00 e. The SMILES string of the molecule is Cc1ccc(N(Cl)S(=O)(=O)O)cc1.[H-].[Na+]. The van der Waals surface area contributed by atoms with Crippen molar-refractivity contribution >= 4 is 27.8 Å². The summed E-state index contributed by atoms with van der Waals surface area (Å²) >= 11 is 5.33. The number of halogens is 1. The van der Waals surface area contributed by atoms with Gasteiger partial charge >= 0.3 is 39.9 Å². The fourth-order valence-corrected chi connectivity index (χ4v) is 1.30. The summed E-state index contributed by atoms with van der Waals surface area (Å²) in [6.45, 7) is 1.86. The van der Waals surface area contributed by atoms with Gasteiger partial charge in [-0.25, -0.2) is 0 Å². The Kier molecular flexibility index (Phi) is 5.43.